The predicted octanol–water partition coefficient (Wildman–Crippen LogP) is 2.44. The highest BCUT2D eigenvalue weighted by molar-refractivity contribution is 5.73. The molecule has 1 aromatic carbocycles. The molecule has 132 valence electrons. The second-order valence-corrected chi connectivity index (χ2v) is 6.09. The molecule has 1 saturated heterocycles. The third kappa shape index (κ3) is 4.71. The minimum absolute atomic E-state index is 0.0547. The smallest absolute Gasteiger partial charge is 0.410 e. The first kappa shape index (κ1) is 18.3. The average Bonchev–Trinajstić information content (AvgIpc) is 2.61. The van der Waals surface area contributed by atoms with E-state index in [1.165, 1.54) is 4.90 Å². The summed E-state index contributed by atoms with van der Waals surface area (Å²) in [4.78, 5) is 27.6. The average molecular weight is 334 g/mol. The molecule has 1 N–H and O–H groups in total. The summed E-state index contributed by atoms with van der Waals surface area (Å²) in [6.07, 6.45) is 0.126. The maximum atomic E-state index is 12.4. The van der Waals surface area contributed by atoms with Gasteiger partial charge in [0.05, 0.1) is 5.92 Å². The van der Waals surface area contributed by atoms with E-state index in [4.69, 9.17) is 4.74 Å². The number of ether oxygens (including phenoxy) is 1. The zero-order valence-corrected chi connectivity index (χ0v) is 14.4. The fourth-order valence-electron chi connectivity index (χ4n) is 3.22. The summed E-state index contributed by atoms with van der Waals surface area (Å²) in [6.45, 7) is 6.68. The van der Waals surface area contributed by atoms with Gasteiger partial charge in [-0.25, -0.2) is 4.79 Å². The molecule has 0 unspecified atom stereocenters. The second kappa shape index (κ2) is 8.68. The molecule has 24 heavy (non-hydrogen) atoms. The molecule has 0 spiro atoms. The first-order valence-corrected chi connectivity index (χ1v) is 8.47. The SMILES string of the molecule is CCN(CC)[C@@H]1C[C@@H](C(=O)O)CN(C(=O)OCc2ccccc2)C1. The molecular formula is C18H26N2O4. The Hall–Kier alpha value is -2.08. The summed E-state index contributed by atoms with van der Waals surface area (Å²) in [6, 6.07) is 9.52. The van der Waals surface area contributed by atoms with Crippen LogP contribution in [0.5, 0.6) is 0 Å². The number of rotatable bonds is 6. The second-order valence-electron chi connectivity index (χ2n) is 6.09. The Morgan fingerprint density at radius 3 is 2.46 bits per heavy atom. The van der Waals surface area contributed by atoms with E-state index in [-0.39, 0.29) is 19.2 Å². The van der Waals surface area contributed by atoms with Gasteiger partial charge in [-0.1, -0.05) is 44.2 Å². The summed E-state index contributed by atoms with van der Waals surface area (Å²) in [7, 11) is 0. The molecule has 0 aromatic heterocycles. The Bertz CT molecular complexity index is 545. The summed E-state index contributed by atoms with van der Waals surface area (Å²) >= 11 is 0. The molecule has 1 fully saturated rings. The normalized spacial score (nSPS) is 20.9. The number of likely N-dealkylation sites (N-methyl/N-ethyl adjacent to an activating group) is 1. The molecule has 0 aliphatic carbocycles. The third-order valence-corrected chi connectivity index (χ3v) is 4.57. The molecular weight excluding hydrogens is 308 g/mol. The zero-order chi connectivity index (χ0) is 17.5. The molecule has 6 heteroatoms. The van der Waals surface area contributed by atoms with Crippen molar-refractivity contribution in [1.82, 2.24) is 9.80 Å². The summed E-state index contributed by atoms with van der Waals surface area (Å²) in [5, 5.41) is 9.39. The lowest BCUT2D eigenvalue weighted by Crippen LogP contribution is -2.54. The van der Waals surface area contributed by atoms with Gasteiger partial charge in [-0.2, -0.15) is 0 Å². The Kier molecular flexibility index (Phi) is 6.61. The number of hydrogen-bond acceptors (Lipinski definition) is 4. The Morgan fingerprint density at radius 2 is 1.88 bits per heavy atom. The monoisotopic (exact) mass is 334 g/mol. The number of carbonyl (C=O) groups excluding carboxylic acids is 1. The van der Waals surface area contributed by atoms with E-state index in [2.05, 4.69) is 4.90 Å². The number of carbonyl (C=O) groups is 2. The number of nitrogens with zero attached hydrogens (tertiary/aromatic N) is 2. The summed E-state index contributed by atoms with van der Waals surface area (Å²) in [5.41, 5.74) is 0.915. The van der Waals surface area contributed by atoms with Gasteiger partial charge in [0, 0.05) is 19.1 Å². The van der Waals surface area contributed by atoms with Gasteiger partial charge in [-0.3, -0.25) is 9.69 Å². The first-order valence-electron chi connectivity index (χ1n) is 8.47. The van der Waals surface area contributed by atoms with Crippen molar-refractivity contribution in [3.8, 4) is 0 Å². The number of aliphatic carboxylic acids is 1. The molecule has 1 aliphatic rings. The lowest BCUT2D eigenvalue weighted by molar-refractivity contribution is -0.144. The third-order valence-electron chi connectivity index (χ3n) is 4.57. The number of amides is 1. The number of carboxylic acids is 1. The highest BCUT2D eigenvalue weighted by atomic mass is 16.6. The quantitative estimate of drug-likeness (QED) is 0.865. The lowest BCUT2D eigenvalue weighted by atomic mass is 9.93. The molecule has 6 nitrogen and oxygen atoms in total. The minimum atomic E-state index is -0.854. The molecule has 2 rings (SSSR count). The Labute approximate surface area is 143 Å². The van der Waals surface area contributed by atoms with Crippen LogP contribution >= 0.6 is 0 Å². The van der Waals surface area contributed by atoms with Crippen molar-refractivity contribution in [1.29, 1.82) is 0 Å². The fourth-order valence-corrected chi connectivity index (χ4v) is 3.22. The molecule has 0 saturated carbocycles. The zero-order valence-electron chi connectivity index (χ0n) is 14.4. The van der Waals surface area contributed by atoms with Gasteiger partial charge >= 0.3 is 12.1 Å². The van der Waals surface area contributed by atoms with Crippen molar-refractivity contribution >= 4 is 12.1 Å². The van der Waals surface area contributed by atoms with Gasteiger partial charge in [0.25, 0.3) is 0 Å². The van der Waals surface area contributed by atoms with Crippen LogP contribution in [0.1, 0.15) is 25.8 Å². The van der Waals surface area contributed by atoms with Crippen molar-refractivity contribution < 1.29 is 19.4 Å². The van der Waals surface area contributed by atoms with Crippen LogP contribution in [-0.2, 0) is 16.1 Å². The molecule has 1 amide bonds. The predicted molar refractivity (Wildman–Crippen MR) is 90.7 cm³/mol. The molecule has 0 bridgehead atoms. The minimum Gasteiger partial charge on any atom is -0.481 e. The number of piperidine rings is 1. The van der Waals surface area contributed by atoms with Gasteiger partial charge in [0.1, 0.15) is 6.61 Å². The highest BCUT2D eigenvalue weighted by Crippen LogP contribution is 2.22. The molecule has 2 atom stereocenters. The number of hydrogen-bond donors (Lipinski definition) is 1. The molecule has 0 radical (unpaired) electrons. The standard InChI is InChI=1S/C18H26N2O4/c1-3-19(4-2)16-10-15(17(21)22)11-20(12-16)18(23)24-13-14-8-6-5-7-9-14/h5-9,15-16H,3-4,10-13H2,1-2H3,(H,21,22)/t15-,16-/m1/s1. The highest BCUT2D eigenvalue weighted by Gasteiger charge is 2.36. The Morgan fingerprint density at radius 1 is 1.21 bits per heavy atom. The maximum absolute atomic E-state index is 12.4. The van der Waals surface area contributed by atoms with E-state index in [9.17, 15) is 14.7 Å². The molecule has 1 heterocycles. The van der Waals surface area contributed by atoms with Gasteiger partial charge in [-0.15, -0.1) is 0 Å². The maximum Gasteiger partial charge on any atom is 0.410 e. The van der Waals surface area contributed by atoms with Crippen LogP contribution in [-0.4, -0.2) is 59.2 Å². The largest absolute Gasteiger partial charge is 0.481 e. The van der Waals surface area contributed by atoms with E-state index in [0.717, 1.165) is 18.7 Å². The van der Waals surface area contributed by atoms with Crippen LogP contribution in [0.4, 0.5) is 4.79 Å². The molecule has 1 aromatic rings. The van der Waals surface area contributed by atoms with E-state index >= 15 is 0 Å². The van der Waals surface area contributed by atoms with E-state index in [1.54, 1.807) is 0 Å². The first-order chi connectivity index (χ1) is 11.5. The van der Waals surface area contributed by atoms with Gasteiger partial charge in [-0.05, 0) is 25.1 Å². The van der Waals surface area contributed by atoms with Crippen molar-refractivity contribution in [3.63, 3.8) is 0 Å². The molecule has 1 aliphatic heterocycles. The fraction of sp³-hybridized carbons (Fsp3) is 0.556. The van der Waals surface area contributed by atoms with Crippen LogP contribution < -0.4 is 0 Å². The van der Waals surface area contributed by atoms with Crippen molar-refractivity contribution in [3.05, 3.63) is 35.9 Å². The van der Waals surface area contributed by atoms with Crippen molar-refractivity contribution in [2.75, 3.05) is 26.2 Å². The van der Waals surface area contributed by atoms with Crippen LogP contribution in [0.15, 0.2) is 30.3 Å². The van der Waals surface area contributed by atoms with Crippen LogP contribution in [0.25, 0.3) is 0 Å². The summed E-state index contributed by atoms with van der Waals surface area (Å²) in [5.74, 6) is -1.40. The number of benzene rings is 1. The van der Waals surface area contributed by atoms with Crippen LogP contribution in [0.3, 0.4) is 0 Å². The van der Waals surface area contributed by atoms with Crippen LogP contribution in [0, 0.1) is 5.92 Å². The van der Waals surface area contributed by atoms with Crippen molar-refractivity contribution in [2.24, 2.45) is 5.92 Å². The van der Waals surface area contributed by atoms with E-state index in [1.807, 2.05) is 44.2 Å². The summed E-state index contributed by atoms with van der Waals surface area (Å²) < 4.78 is 5.37. The Balaban J connectivity index is 2.00. The number of carboxylic acid groups (broad SMARTS) is 1. The van der Waals surface area contributed by atoms with Gasteiger partial charge < -0.3 is 14.7 Å². The van der Waals surface area contributed by atoms with Crippen molar-refractivity contribution in [2.45, 2.75) is 32.9 Å². The van der Waals surface area contributed by atoms with Gasteiger partial charge in [0.15, 0.2) is 0 Å². The van der Waals surface area contributed by atoms with Crippen LogP contribution in [0.2, 0.25) is 0 Å². The topological polar surface area (TPSA) is 70.1 Å². The van der Waals surface area contributed by atoms with E-state index < -0.39 is 18.0 Å². The lowest BCUT2D eigenvalue weighted by Gasteiger charge is -2.40. The van der Waals surface area contributed by atoms with E-state index in [0.29, 0.717) is 13.0 Å². The van der Waals surface area contributed by atoms with Gasteiger partial charge in [0.2, 0.25) is 0 Å². The number of likely N-dealkylation sites (tertiary alicyclic amines) is 1.